The number of nitrogens with zero attached hydrogens (tertiary/aromatic N) is 5. The molecule has 0 aromatic carbocycles. The van der Waals surface area contributed by atoms with Crippen molar-refractivity contribution < 1.29 is 4.79 Å². The smallest absolute Gasteiger partial charge is 0.223 e. The molecule has 4 rings (SSSR count). The van der Waals surface area contributed by atoms with E-state index in [1.807, 2.05) is 30.7 Å². The molecule has 7 heteroatoms. The standard InChI is InChI=1S/C23H34N6O/c1-26-15-17-27(18-16-26)10-4-9-24-23(30)20-7-13-29(14-8-20)22-6-5-21(19-25-22)28-11-2-3-12-28/h2-3,5-6,11-12,19-20H,4,7-10,13-18H2,1H3,(H,24,30). The fourth-order valence-electron chi connectivity index (χ4n) is 4.33. The number of aromatic nitrogens is 2. The number of piperazine rings is 1. The zero-order valence-electron chi connectivity index (χ0n) is 18.0. The van der Waals surface area contributed by atoms with E-state index < -0.39 is 0 Å². The molecule has 0 spiro atoms. The van der Waals surface area contributed by atoms with Crippen LogP contribution in [-0.2, 0) is 4.79 Å². The van der Waals surface area contributed by atoms with E-state index in [1.54, 1.807) is 0 Å². The van der Waals surface area contributed by atoms with E-state index in [4.69, 9.17) is 0 Å². The van der Waals surface area contributed by atoms with Gasteiger partial charge in [-0.1, -0.05) is 0 Å². The second kappa shape index (κ2) is 10.1. The minimum Gasteiger partial charge on any atom is -0.357 e. The Labute approximate surface area is 179 Å². The molecule has 2 fully saturated rings. The van der Waals surface area contributed by atoms with Crippen LogP contribution in [0.15, 0.2) is 42.9 Å². The van der Waals surface area contributed by atoms with Crippen LogP contribution in [0.4, 0.5) is 5.82 Å². The fourth-order valence-corrected chi connectivity index (χ4v) is 4.33. The molecule has 0 radical (unpaired) electrons. The highest BCUT2D eigenvalue weighted by Gasteiger charge is 2.25. The van der Waals surface area contributed by atoms with E-state index >= 15 is 0 Å². The van der Waals surface area contributed by atoms with E-state index in [2.05, 4.69) is 48.7 Å². The molecule has 1 N–H and O–H groups in total. The molecular weight excluding hydrogens is 376 g/mol. The number of piperidine rings is 1. The molecule has 0 saturated carbocycles. The number of carbonyl (C=O) groups excluding carboxylic acids is 1. The summed E-state index contributed by atoms with van der Waals surface area (Å²) in [6.45, 7) is 8.21. The molecule has 4 heterocycles. The average Bonchev–Trinajstić information content (AvgIpc) is 3.33. The van der Waals surface area contributed by atoms with Crippen LogP contribution in [0.5, 0.6) is 0 Å². The van der Waals surface area contributed by atoms with Gasteiger partial charge in [-0.2, -0.15) is 0 Å². The van der Waals surface area contributed by atoms with Gasteiger partial charge in [-0.15, -0.1) is 0 Å². The number of carbonyl (C=O) groups is 1. The van der Waals surface area contributed by atoms with Crippen molar-refractivity contribution in [3.8, 4) is 5.69 Å². The molecule has 30 heavy (non-hydrogen) atoms. The van der Waals surface area contributed by atoms with Gasteiger partial charge in [0.1, 0.15) is 5.82 Å². The van der Waals surface area contributed by atoms with Crippen LogP contribution in [-0.4, -0.2) is 84.7 Å². The third kappa shape index (κ3) is 5.40. The van der Waals surface area contributed by atoms with Crippen LogP contribution < -0.4 is 10.2 Å². The molecule has 0 atom stereocenters. The summed E-state index contributed by atoms with van der Waals surface area (Å²) in [5.41, 5.74) is 1.06. The molecule has 0 unspecified atom stereocenters. The van der Waals surface area contributed by atoms with Crippen molar-refractivity contribution in [3.63, 3.8) is 0 Å². The van der Waals surface area contributed by atoms with Gasteiger partial charge in [0.05, 0.1) is 11.9 Å². The van der Waals surface area contributed by atoms with Crippen molar-refractivity contribution in [2.45, 2.75) is 19.3 Å². The van der Waals surface area contributed by atoms with Crippen molar-refractivity contribution in [2.24, 2.45) is 5.92 Å². The minimum atomic E-state index is 0.129. The normalized spacial score (nSPS) is 19.2. The lowest BCUT2D eigenvalue weighted by Gasteiger charge is -2.33. The average molecular weight is 411 g/mol. The maximum atomic E-state index is 12.5. The number of nitrogens with one attached hydrogen (secondary N) is 1. The molecule has 0 aliphatic carbocycles. The van der Waals surface area contributed by atoms with E-state index in [1.165, 1.54) is 0 Å². The van der Waals surface area contributed by atoms with Crippen LogP contribution in [0.2, 0.25) is 0 Å². The van der Waals surface area contributed by atoms with Crippen LogP contribution >= 0.6 is 0 Å². The molecule has 2 aromatic rings. The maximum Gasteiger partial charge on any atom is 0.223 e. The highest BCUT2D eigenvalue weighted by Crippen LogP contribution is 2.22. The Morgan fingerprint density at radius 2 is 1.80 bits per heavy atom. The summed E-state index contributed by atoms with van der Waals surface area (Å²) in [4.78, 5) is 24.3. The van der Waals surface area contributed by atoms with Crippen LogP contribution in [0.25, 0.3) is 5.69 Å². The summed E-state index contributed by atoms with van der Waals surface area (Å²) in [6, 6.07) is 8.20. The summed E-state index contributed by atoms with van der Waals surface area (Å²) in [5, 5.41) is 3.17. The summed E-state index contributed by atoms with van der Waals surface area (Å²) in [6.07, 6.45) is 8.77. The van der Waals surface area contributed by atoms with Crippen molar-refractivity contribution in [1.82, 2.24) is 24.7 Å². The Balaban J connectivity index is 1.15. The predicted octanol–water partition coefficient (Wildman–Crippen LogP) is 1.84. The van der Waals surface area contributed by atoms with Gasteiger partial charge in [-0.05, 0) is 57.1 Å². The Bertz CT molecular complexity index is 775. The molecular formula is C23H34N6O. The first-order valence-corrected chi connectivity index (χ1v) is 11.2. The number of likely N-dealkylation sites (N-methyl/N-ethyl adjacent to an activating group) is 1. The van der Waals surface area contributed by atoms with E-state index in [0.717, 1.165) is 83.1 Å². The molecule has 2 saturated heterocycles. The predicted molar refractivity (Wildman–Crippen MR) is 120 cm³/mol. The Hall–Kier alpha value is -2.38. The van der Waals surface area contributed by atoms with Crippen molar-refractivity contribution in [3.05, 3.63) is 42.9 Å². The molecule has 2 aliphatic rings. The fraction of sp³-hybridized carbons (Fsp3) is 0.565. The van der Waals surface area contributed by atoms with Gasteiger partial charge >= 0.3 is 0 Å². The summed E-state index contributed by atoms with van der Waals surface area (Å²) < 4.78 is 2.05. The van der Waals surface area contributed by atoms with Crippen molar-refractivity contribution >= 4 is 11.7 Å². The third-order valence-corrected chi connectivity index (χ3v) is 6.37. The second-order valence-corrected chi connectivity index (χ2v) is 8.52. The lowest BCUT2D eigenvalue weighted by molar-refractivity contribution is -0.125. The van der Waals surface area contributed by atoms with Gasteiger partial charge < -0.3 is 24.6 Å². The van der Waals surface area contributed by atoms with Crippen molar-refractivity contribution in [1.29, 1.82) is 0 Å². The topological polar surface area (TPSA) is 56.6 Å². The third-order valence-electron chi connectivity index (χ3n) is 6.37. The zero-order valence-corrected chi connectivity index (χ0v) is 18.0. The summed E-state index contributed by atoms with van der Waals surface area (Å²) >= 11 is 0. The number of pyridine rings is 1. The van der Waals surface area contributed by atoms with E-state index in [-0.39, 0.29) is 11.8 Å². The van der Waals surface area contributed by atoms with E-state index in [0.29, 0.717) is 0 Å². The molecule has 1 amide bonds. The quantitative estimate of drug-likeness (QED) is 0.706. The lowest BCUT2D eigenvalue weighted by Crippen LogP contribution is -2.45. The lowest BCUT2D eigenvalue weighted by atomic mass is 9.96. The summed E-state index contributed by atoms with van der Waals surface area (Å²) in [5.74, 6) is 1.35. The molecule has 2 aromatic heterocycles. The van der Waals surface area contributed by atoms with Crippen LogP contribution in [0, 0.1) is 5.92 Å². The second-order valence-electron chi connectivity index (χ2n) is 8.52. The van der Waals surface area contributed by atoms with Gasteiger partial charge in [0, 0.05) is 64.1 Å². The van der Waals surface area contributed by atoms with Gasteiger partial charge in [0.2, 0.25) is 5.91 Å². The Morgan fingerprint density at radius 3 is 2.47 bits per heavy atom. The van der Waals surface area contributed by atoms with Gasteiger partial charge in [-0.3, -0.25) is 4.79 Å². The van der Waals surface area contributed by atoms with Gasteiger partial charge in [-0.25, -0.2) is 4.98 Å². The van der Waals surface area contributed by atoms with E-state index in [9.17, 15) is 4.79 Å². The molecule has 0 bridgehead atoms. The minimum absolute atomic E-state index is 0.129. The monoisotopic (exact) mass is 410 g/mol. The first-order chi connectivity index (χ1) is 14.7. The Kier molecular flexibility index (Phi) is 7.02. The molecule has 162 valence electrons. The number of hydrogen-bond acceptors (Lipinski definition) is 5. The van der Waals surface area contributed by atoms with Gasteiger partial charge in [0.15, 0.2) is 0 Å². The van der Waals surface area contributed by atoms with Crippen LogP contribution in [0.3, 0.4) is 0 Å². The van der Waals surface area contributed by atoms with Gasteiger partial charge in [0.25, 0.3) is 0 Å². The summed E-state index contributed by atoms with van der Waals surface area (Å²) in [7, 11) is 2.18. The highest BCUT2D eigenvalue weighted by molar-refractivity contribution is 5.78. The number of amides is 1. The van der Waals surface area contributed by atoms with Crippen molar-refractivity contribution in [2.75, 3.05) is 64.3 Å². The first kappa shape index (κ1) is 20.9. The highest BCUT2D eigenvalue weighted by atomic mass is 16.1. The number of anilines is 1. The SMILES string of the molecule is CN1CCN(CCCNC(=O)C2CCN(c3ccc(-n4cccc4)cn3)CC2)CC1. The largest absolute Gasteiger partial charge is 0.357 e. The molecule has 2 aliphatic heterocycles. The first-order valence-electron chi connectivity index (χ1n) is 11.2. The van der Waals surface area contributed by atoms with Crippen LogP contribution in [0.1, 0.15) is 19.3 Å². The molecule has 7 nitrogen and oxygen atoms in total. The number of rotatable bonds is 7. The maximum absolute atomic E-state index is 12.5. The Morgan fingerprint density at radius 1 is 1.07 bits per heavy atom. The zero-order chi connectivity index (χ0) is 20.8. The number of hydrogen-bond donors (Lipinski definition) is 1.